The number of hydrogen-bond donors (Lipinski definition) is 1. The summed E-state index contributed by atoms with van der Waals surface area (Å²) in [6, 6.07) is 0. The summed E-state index contributed by atoms with van der Waals surface area (Å²) in [5.74, 6) is 1.26. The molecule has 0 amide bonds. The summed E-state index contributed by atoms with van der Waals surface area (Å²) in [5.41, 5.74) is 0. The molecule has 0 saturated carbocycles. The fourth-order valence-corrected chi connectivity index (χ4v) is 2.84. The lowest BCUT2D eigenvalue weighted by Gasteiger charge is -2.16. The van der Waals surface area contributed by atoms with E-state index < -0.39 is 5.97 Å². The summed E-state index contributed by atoms with van der Waals surface area (Å²) in [6.07, 6.45) is 4.62. The van der Waals surface area contributed by atoms with Crippen LogP contribution in [0.25, 0.3) is 0 Å². The molecule has 90 valence electrons. The van der Waals surface area contributed by atoms with Gasteiger partial charge >= 0.3 is 5.97 Å². The molecule has 0 radical (unpaired) electrons. The predicted octanol–water partition coefficient (Wildman–Crippen LogP) is 3.80. The number of thioether (sulfide) groups is 1. The molecule has 0 rings (SSSR count). The average molecular weight is 232 g/mol. The zero-order chi connectivity index (χ0) is 11.7. The number of carboxylic acid groups (broad SMARTS) is 1. The van der Waals surface area contributed by atoms with Crippen molar-refractivity contribution in [3.8, 4) is 0 Å². The summed E-state index contributed by atoms with van der Waals surface area (Å²) in [7, 11) is 0. The summed E-state index contributed by atoms with van der Waals surface area (Å²) in [6.45, 7) is 6.65. The molecule has 3 heteroatoms. The Bertz CT molecular complexity index is 169. The van der Waals surface area contributed by atoms with Crippen LogP contribution in [0.1, 0.15) is 52.9 Å². The highest BCUT2D eigenvalue weighted by atomic mass is 32.2. The second-order valence-corrected chi connectivity index (χ2v) is 5.76. The minimum Gasteiger partial charge on any atom is -0.481 e. The van der Waals surface area contributed by atoms with E-state index in [0.29, 0.717) is 11.7 Å². The molecule has 15 heavy (non-hydrogen) atoms. The molecule has 0 aliphatic rings. The van der Waals surface area contributed by atoms with Gasteiger partial charge in [-0.1, -0.05) is 27.2 Å². The Morgan fingerprint density at radius 2 is 2.00 bits per heavy atom. The van der Waals surface area contributed by atoms with Crippen LogP contribution in [0.4, 0.5) is 0 Å². The highest BCUT2D eigenvalue weighted by molar-refractivity contribution is 7.99. The van der Waals surface area contributed by atoms with Crippen molar-refractivity contribution in [1.29, 1.82) is 0 Å². The lowest BCUT2D eigenvalue weighted by molar-refractivity contribution is -0.137. The van der Waals surface area contributed by atoms with E-state index in [1.165, 1.54) is 18.6 Å². The summed E-state index contributed by atoms with van der Waals surface area (Å²) < 4.78 is 0. The first-order valence-corrected chi connectivity index (χ1v) is 6.94. The molecule has 1 atom stereocenters. The Kier molecular flexibility index (Phi) is 8.97. The molecule has 0 bridgehead atoms. The molecule has 0 saturated heterocycles. The van der Waals surface area contributed by atoms with Gasteiger partial charge in [-0.2, -0.15) is 11.8 Å². The normalized spacial score (nSPS) is 13.1. The van der Waals surface area contributed by atoms with Gasteiger partial charge in [0.05, 0.1) is 0 Å². The van der Waals surface area contributed by atoms with Crippen LogP contribution in [0, 0.1) is 5.92 Å². The van der Waals surface area contributed by atoms with Gasteiger partial charge in [0.2, 0.25) is 0 Å². The van der Waals surface area contributed by atoms with Gasteiger partial charge in [0, 0.05) is 11.7 Å². The number of rotatable bonds is 9. The fourth-order valence-electron chi connectivity index (χ4n) is 1.44. The Balaban J connectivity index is 3.67. The van der Waals surface area contributed by atoms with Crippen LogP contribution in [0.15, 0.2) is 0 Å². The Labute approximate surface area is 97.8 Å². The minimum atomic E-state index is -0.667. The fraction of sp³-hybridized carbons (Fsp3) is 0.917. The first-order chi connectivity index (χ1) is 7.06. The standard InChI is InChI=1S/C12H24O2S/c1-4-6-11(15-9-10(2)3)7-5-8-12(13)14/h10-11H,4-9H2,1-3H3,(H,13,14). The van der Waals surface area contributed by atoms with Crippen LogP contribution < -0.4 is 0 Å². The van der Waals surface area contributed by atoms with E-state index in [2.05, 4.69) is 20.8 Å². The maximum absolute atomic E-state index is 10.4. The first-order valence-electron chi connectivity index (χ1n) is 5.89. The second-order valence-electron chi connectivity index (χ2n) is 4.42. The summed E-state index contributed by atoms with van der Waals surface area (Å²) in [4.78, 5) is 10.4. The molecule has 1 N–H and O–H groups in total. The third kappa shape index (κ3) is 10.1. The molecule has 0 aliphatic heterocycles. The maximum Gasteiger partial charge on any atom is 0.303 e. The van der Waals surface area contributed by atoms with E-state index in [1.54, 1.807) is 0 Å². The van der Waals surface area contributed by atoms with Crippen LogP contribution in [0.3, 0.4) is 0 Å². The molecule has 0 aliphatic carbocycles. The van der Waals surface area contributed by atoms with E-state index in [9.17, 15) is 4.79 Å². The highest BCUT2D eigenvalue weighted by Gasteiger charge is 2.10. The van der Waals surface area contributed by atoms with E-state index in [0.717, 1.165) is 18.8 Å². The van der Waals surface area contributed by atoms with Crippen molar-refractivity contribution in [2.75, 3.05) is 5.75 Å². The lowest BCUT2D eigenvalue weighted by atomic mass is 10.1. The average Bonchev–Trinajstić information content (AvgIpc) is 2.13. The smallest absolute Gasteiger partial charge is 0.303 e. The molecular weight excluding hydrogens is 208 g/mol. The quantitative estimate of drug-likeness (QED) is 0.657. The van der Waals surface area contributed by atoms with Gasteiger partial charge in [-0.3, -0.25) is 4.79 Å². The molecular formula is C12H24O2S. The van der Waals surface area contributed by atoms with Crippen molar-refractivity contribution >= 4 is 17.7 Å². The third-order valence-corrected chi connectivity index (χ3v) is 3.99. The van der Waals surface area contributed by atoms with E-state index in [1.807, 2.05) is 11.8 Å². The lowest BCUT2D eigenvalue weighted by Crippen LogP contribution is -2.07. The number of hydrogen-bond acceptors (Lipinski definition) is 2. The van der Waals surface area contributed by atoms with Gasteiger partial charge in [0.25, 0.3) is 0 Å². The zero-order valence-electron chi connectivity index (χ0n) is 10.2. The minimum absolute atomic E-state index is 0.322. The number of carbonyl (C=O) groups is 1. The van der Waals surface area contributed by atoms with Crippen LogP contribution >= 0.6 is 11.8 Å². The van der Waals surface area contributed by atoms with Gasteiger partial charge in [-0.15, -0.1) is 0 Å². The summed E-state index contributed by atoms with van der Waals surface area (Å²) >= 11 is 2.01. The van der Waals surface area contributed by atoms with Crippen molar-refractivity contribution in [3.63, 3.8) is 0 Å². The van der Waals surface area contributed by atoms with Crippen molar-refractivity contribution in [3.05, 3.63) is 0 Å². The van der Waals surface area contributed by atoms with Crippen LogP contribution in [-0.2, 0) is 4.79 Å². The molecule has 0 aromatic carbocycles. The maximum atomic E-state index is 10.4. The van der Waals surface area contributed by atoms with Gasteiger partial charge in [-0.05, 0) is 30.9 Å². The van der Waals surface area contributed by atoms with E-state index in [4.69, 9.17) is 5.11 Å². The highest BCUT2D eigenvalue weighted by Crippen LogP contribution is 2.24. The second kappa shape index (κ2) is 9.08. The van der Waals surface area contributed by atoms with Crippen molar-refractivity contribution < 1.29 is 9.90 Å². The largest absolute Gasteiger partial charge is 0.481 e. The van der Waals surface area contributed by atoms with E-state index >= 15 is 0 Å². The van der Waals surface area contributed by atoms with Gasteiger partial charge < -0.3 is 5.11 Å². The number of carboxylic acids is 1. The first kappa shape index (κ1) is 14.8. The molecule has 0 aromatic heterocycles. The molecule has 0 heterocycles. The topological polar surface area (TPSA) is 37.3 Å². The Hall–Kier alpha value is -0.180. The SMILES string of the molecule is CCCC(CCCC(=O)O)SCC(C)C. The van der Waals surface area contributed by atoms with Crippen molar-refractivity contribution in [2.45, 2.75) is 58.1 Å². The number of aliphatic carboxylic acids is 1. The molecule has 0 aromatic rings. The zero-order valence-corrected chi connectivity index (χ0v) is 11.0. The molecule has 0 fully saturated rings. The molecule has 1 unspecified atom stereocenters. The van der Waals surface area contributed by atoms with Gasteiger partial charge in [0.1, 0.15) is 0 Å². The van der Waals surface area contributed by atoms with Crippen molar-refractivity contribution in [2.24, 2.45) is 5.92 Å². The summed E-state index contributed by atoms with van der Waals surface area (Å²) in [5, 5.41) is 9.23. The van der Waals surface area contributed by atoms with Crippen LogP contribution in [0.2, 0.25) is 0 Å². The van der Waals surface area contributed by atoms with Crippen LogP contribution in [-0.4, -0.2) is 22.1 Å². The Morgan fingerprint density at radius 3 is 2.47 bits per heavy atom. The van der Waals surface area contributed by atoms with Gasteiger partial charge in [0.15, 0.2) is 0 Å². The predicted molar refractivity (Wildman–Crippen MR) is 67.5 cm³/mol. The Morgan fingerprint density at radius 1 is 1.33 bits per heavy atom. The van der Waals surface area contributed by atoms with E-state index in [-0.39, 0.29) is 0 Å². The third-order valence-electron chi connectivity index (χ3n) is 2.19. The molecule has 2 nitrogen and oxygen atoms in total. The molecule has 0 spiro atoms. The van der Waals surface area contributed by atoms with Crippen LogP contribution in [0.5, 0.6) is 0 Å². The monoisotopic (exact) mass is 232 g/mol. The van der Waals surface area contributed by atoms with Crippen molar-refractivity contribution in [1.82, 2.24) is 0 Å². The van der Waals surface area contributed by atoms with Gasteiger partial charge in [-0.25, -0.2) is 0 Å².